The number of rotatable bonds is 17. The van der Waals surface area contributed by atoms with Crippen molar-refractivity contribution in [2.45, 2.75) is 32.2 Å². The van der Waals surface area contributed by atoms with Gasteiger partial charge < -0.3 is 35.1 Å². The van der Waals surface area contributed by atoms with E-state index in [2.05, 4.69) is 40.6 Å². The number of methoxy groups -OCH3 is 1. The van der Waals surface area contributed by atoms with Gasteiger partial charge in [0, 0.05) is 81.7 Å². The Bertz CT molecular complexity index is 1710. The Morgan fingerprint density at radius 1 is 0.788 bits per heavy atom. The molecule has 2 fully saturated rings. The fourth-order valence-electron chi connectivity index (χ4n) is 6.57. The van der Waals surface area contributed by atoms with Crippen molar-refractivity contribution in [3.63, 3.8) is 0 Å². The monoisotopic (exact) mass is 714 g/mol. The van der Waals surface area contributed by atoms with Gasteiger partial charge in [-0.1, -0.05) is 25.0 Å². The molecule has 278 valence electrons. The molecule has 2 aliphatic heterocycles. The summed E-state index contributed by atoms with van der Waals surface area (Å²) >= 11 is 0. The zero-order valence-corrected chi connectivity index (χ0v) is 30.1. The third kappa shape index (κ3) is 11.2. The van der Waals surface area contributed by atoms with Gasteiger partial charge in [-0.3, -0.25) is 9.80 Å². The molecule has 2 saturated heterocycles. The molecule has 0 unspecified atom stereocenters. The Hall–Kier alpha value is -4.56. The highest BCUT2D eigenvalue weighted by molar-refractivity contribution is 5.99. The fourth-order valence-corrected chi connectivity index (χ4v) is 6.57. The molecular formula is C39H51FN8O4. The molecule has 0 aliphatic carbocycles. The number of morpholine rings is 1. The summed E-state index contributed by atoms with van der Waals surface area (Å²) in [6.45, 7) is 13.1. The smallest absolute Gasteiger partial charge is 0.323 e. The van der Waals surface area contributed by atoms with E-state index in [0.29, 0.717) is 41.8 Å². The van der Waals surface area contributed by atoms with Gasteiger partial charge in [0.2, 0.25) is 0 Å². The Morgan fingerprint density at radius 2 is 1.50 bits per heavy atom. The van der Waals surface area contributed by atoms with Crippen molar-refractivity contribution in [2.75, 3.05) is 102 Å². The highest BCUT2D eigenvalue weighted by atomic mass is 19.1. The molecule has 0 bridgehead atoms. The van der Waals surface area contributed by atoms with Crippen LogP contribution in [0.5, 0.6) is 11.5 Å². The number of hydrogen-bond acceptors (Lipinski definition) is 10. The number of anilines is 3. The topological polar surface area (TPSA) is 116 Å². The summed E-state index contributed by atoms with van der Waals surface area (Å²) in [5, 5.41) is 9.76. The van der Waals surface area contributed by atoms with Crippen molar-refractivity contribution < 1.29 is 23.4 Å². The molecule has 12 nitrogen and oxygen atoms in total. The summed E-state index contributed by atoms with van der Waals surface area (Å²) < 4.78 is 30.5. The standard InChI is InChI=1S/C39H51FN8O4/c1-50-36-27-35-34(26-37(36)52-22-5-3-2-4-13-46-14-16-47(17-15-46)18-19-48-20-23-51-24-21-48)38(43-29-42-35)41-28-30-7-6-8-33(25-30)45-39(49)44-32-11-9-31(40)10-12-32/h6-12,25-27,29H,2-5,13-24,28H2,1H3,(H,41,42,43)(H2,44,45,49). The number of piperazine rings is 1. The zero-order valence-electron chi connectivity index (χ0n) is 30.1. The van der Waals surface area contributed by atoms with E-state index in [1.54, 1.807) is 13.2 Å². The lowest BCUT2D eigenvalue weighted by Crippen LogP contribution is -2.49. The summed E-state index contributed by atoms with van der Waals surface area (Å²) in [6, 6.07) is 16.5. The van der Waals surface area contributed by atoms with Gasteiger partial charge in [0.1, 0.15) is 18.0 Å². The Kier molecular flexibility index (Phi) is 13.8. The van der Waals surface area contributed by atoms with Crippen LogP contribution in [0.4, 0.5) is 26.4 Å². The number of aromatic nitrogens is 2. The number of unbranched alkanes of at least 4 members (excludes halogenated alkanes) is 3. The zero-order chi connectivity index (χ0) is 36.0. The molecule has 2 aliphatic rings. The van der Waals surface area contributed by atoms with Gasteiger partial charge in [0.05, 0.1) is 32.4 Å². The number of ether oxygens (including phenoxy) is 3. The lowest BCUT2D eigenvalue weighted by molar-refractivity contribution is 0.0299. The molecule has 1 aromatic heterocycles. The number of halogens is 1. The minimum Gasteiger partial charge on any atom is -0.493 e. The molecule has 3 aromatic carbocycles. The summed E-state index contributed by atoms with van der Waals surface area (Å²) in [6.07, 6.45) is 6.01. The van der Waals surface area contributed by atoms with Crippen molar-refractivity contribution in [1.82, 2.24) is 24.7 Å². The Morgan fingerprint density at radius 3 is 2.27 bits per heavy atom. The number of fused-ring (bicyclic) bond motifs is 1. The first-order valence-corrected chi connectivity index (χ1v) is 18.4. The third-order valence-corrected chi connectivity index (χ3v) is 9.59. The molecule has 0 radical (unpaired) electrons. The molecule has 0 atom stereocenters. The molecule has 13 heteroatoms. The molecule has 52 heavy (non-hydrogen) atoms. The van der Waals surface area contributed by atoms with Crippen molar-refractivity contribution in [2.24, 2.45) is 0 Å². The van der Waals surface area contributed by atoms with Crippen molar-refractivity contribution in [3.05, 3.63) is 78.4 Å². The summed E-state index contributed by atoms with van der Waals surface area (Å²) in [5.41, 5.74) is 2.81. The van der Waals surface area contributed by atoms with Gasteiger partial charge in [-0.15, -0.1) is 0 Å². The number of carbonyl (C=O) groups excluding carboxylic acids is 1. The Balaban J connectivity index is 0.921. The highest BCUT2D eigenvalue weighted by Crippen LogP contribution is 2.34. The molecule has 4 aromatic rings. The second kappa shape index (κ2) is 19.3. The van der Waals surface area contributed by atoms with Gasteiger partial charge in [0.15, 0.2) is 11.5 Å². The van der Waals surface area contributed by atoms with Gasteiger partial charge in [-0.05, 0) is 67.4 Å². The van der Waals surface area contributed by atoms with E-state index in [9.17, 15) is 9.18 Å². The first-order chi connectivity index (χ1) is 25.5. The minimum absolute atomic E-state index is 0.363. The maximum Gasteiger partial charge on any atom is 0.323 e. The molecule has 2 amide bonds. The van der Waals surface area contributed by atoms with Crippen LogP contribution in [0.15, 0.2) is 67.0 Å². The summed E-state index contributed by atoms with van der Waals surface area (Å²) in [7, 11) is 1.64. The fraction of sp³-hybridized carbons (Fsp3) is 0.462. The number of urea groups is 1. The van der Waals surface area contributed by atoms with Crippen LogP contribution in [0.1, 0.15) is 31.2 Å². The van der Waals surface area contributed by atoms with Crippen molar-refractivity contribution in [3.8, 4) is 11.5 Å². The maximum atomic E-state index is 13.2. The predicted molar refractivity (Wildman–Crippen MR) is 203 cm³/mol. The number of amides is 2. The van der Waals surface area contributed by atoms with E-state index < -0.39 is 6.03 Å². The third-order valence-electron chi connectivity index (χ3n) is 9.59. The number of nitrogens with one attached hydrogen (secondary N) is 3. The van der Waals surface area contributed by atoms with Crippen LogP contribution in [0.25, 0.3) is 10.9 Å². The number of nitrogens with zero attached hydrogens (tertiary/aromatic N) is 5. The highest BCUT2D eigenvalue weighted by Gasteiger charge is 2.18. The van der Waals surface area contributed by atoms with Crippen LogP contribution in [0.3, 0.4) is 0 Å². The molecule has 3 N–H and O–H groups in total. The molecule has 3 heterocycles. The number of carbonyl (C=O) groups is 1. The lowest BCUT2D eigenvalue weighted by atomic mass is 10.1. The van der Waals surface area contributed by atoms with E-state index in [0.717, 1.165) is 81.8 Å². The molecular weight excluding hydrogens is 663 g/mol. The van der Waals surface area contributed by atoms with Gasteiger partial charge in [0.25, 0.3) is 0 Å². The quantitative estimate of drug-likeness (QED) is 0.114. The molecule has 0 saturated carbocycles. The van der Waals surface area contributed by atoms with E-state index >= 15 is 0 Å². The first-order valence-electron chi connectivity index (χ1n) is 18.4. The second-order valence-electron chi connectivity index (χ2n) is 13.3. The Labute approximate surface area is 305 Å². The minimum atomic E-state index is -0.417. The number of hydrogen-bond donors (Lipinski definition) is 3. The number of benzene rings is 3. The van der Waals surface area contributed by atoms with E-state index in [-0.39, 0.29) is 5.82 Å². The van der Waals surface area contributed by atoms with E-state index in [1.165, 1.54) is 63.1 Å². The van der Waals surface area contributed by atoms with Crippen LogP contribution in [0, 0.1) is 5.82 Å². The average molecular weight is 715 g/mol. The van der Waals surface area contributed by atoms with Crippen LogP contribution >= 0.6 is 0 Å². The SMILES string of the molecule is COc1cc2ncnc(NCc3cccc(NC(=O)Nc4ccc(F)cc4)c3)c2cc1OCCCCCCN1CCN(CCN2CCOCC2)CC1. The van der Waals surface area contributed by atoms with E-state index in [4.69, 9.17) is 14.2 Å². The van der Waals surface area contributed by atoms with Gasteiger partial charge in [-0.2, -0.15) is 0 Å². The average Bonchev–Trinajstić information content (AvgIpc) is 3.17. The van der Waals surface area contributed by atoms with Gasteiger partial charge in [-0.25, -0.2) is 19.2 Å². The van der Waals surface area contributed by atoms with Crippen LogP contribution < -0.4 is 25.4 Å². The maximum absolute atomic E-state index is 13.2. The second-order valence-corrected chi connectivity index (χ2v) is 13.3. The van der Waals surface area contributed by atoms with Gasteiger partial charge >= 0.3 is 6.03 Å². The lowest BCUT2D eigenvalue weighted by Gasteiger charge is -2.36. The van der Waals surface area contributed by atoms with Crippen LogP contribution in [-0.4, -0.2) is 117 Å². The van der Waals surface area contributed by atoms with Crippen molar-refractivity contribution in [1.29, 1.82) is 0 Å². The summed E-state index contributed by atoms with van der Waals surface area (Å²) in [4.78, 5) is 29.2. The summed E-state index contributed by atoms with van der Waals surface area (Å²) in [5.74, 6) is 1.61. The van der Waals surface area contributed by atoms with Crippen LogP contribution in [0.2, 0.25) is 0 Å². The molecule has 0 spiro atoms. The van der Waals surface area contributed by atoms with E-state index in [1.807, 2.05) is 30.3 Å². The predicted octanol–water partition coefficient (Wildman–Crippen LogP) is 5.92. The first kappa shape index (κ1) is 37.2. The largest absolute Gasteiger partial charge is 0.493 e. The van der Waals surface area contributed by atoms with Crippen molar-refractivity contribution >= 4 is 34.1 Å². The van der Waals surface area contributed by atoms with Crippen LogP contribution in [-0.2, 0) is 11.3 Å². The normalized spacial score (nSPS) is 15.7. The molecule has 6 rings (SSSR count).